The molecule has 0 aliphatic carbocycles. The first kappa shape index (κ1) is 17.6. The minimum Gasteiger partial charge on any atom is -0.481 e. The number of carbonyl (C=O) groups excluding carboxylic acids is 1. The molecule has 0 bridgehead atoms. The number of carbonyl (C=O) groups is 2. The average molecular weight is 348 g/mol. The fraction of sp³-hybridized carbons (Fsp3) is 0.250. The third-order valence-corrected chi connectivity index (χ3v) is 4.21. The molecule has 0 spiro atoms. The van der Waals surface area contributed by atoms with Crippen molar-refractivity contribution >= 4 is 28.9 Å². The Morgan fingerprint density at radius 2 is 1.96 bits per heavy atom. The summed E-state index contributed by atoms with van der Waals surface area (Å²) in [6.45, 7) is 0. The third-order valence-electron chi connectivity index (χ3n) is 3.33. The molecule has 0 aliphatic rings. The Morgan fingerprint density at radius 3 is 2.50 bits per heavy atom. The van der Waals surface area contributed by atoms with Gasteiger partial charge in [-0.3, -0.25) is 19.7 Å². The number of non-ortho nitro benzene ring substituents is 1. The Kier molecular flexibility index (Phi) is 6.02. The highest BCUT2D eigenvalue weighted by Gasteiger charge is 2.17. The first-order valence-corrected chi connectivity index (χ1v) is 8.09. The van der Waals surface area contributed by atoms with Gasteiger partial charge in [0.2, 0.25) is 5.91 Å². The number of benzene rings is 1. The van der Waals surface area contributed by atoms with Crippen molar-refractivity contribution in [3.8, 4) is 0 Å². The molecule has 0 fully saturated rings. The Labute approximate surface area is 142 Å². The van der Waals surface area contributed by atoms with E-state index in [-0.39, 0.29) is 24.4 Å². The maximum absolute atomic E-state index is 12.0. The molecule has 0 radical (unpaired) electrons. The zero-order chi connectivity index (χ0) is 17.5. The topological polar surface area (TPSA) is 110 Å². The number of aliphatic carboxylic acids is 1. The van der Waals surface area contributed by atoms with Crippen molar-refractivity contribution in [1.82, 2.24) is 5.32 Å². The van der Waals surface area contributed by atoms with Gasteiger partial charge in [0.15, 0.2) is 0 Å². The van der Waals surface area contributed by atoms with E-state index in [2.05, 4.69) is 5.32 Å². The van der Waals surface area contributed by atoms with E-state index in [0.717, 1.165) is 10.4 Å². The normalized spacial score (nSPS) is 11.7. The SMILES string of the molecule is O=C(O)CC(Cc1ccc([N+](=O)[O-])cc1)NC(=O)Cc1cccs1. The van der Waals surface area contributed by atoms with Crippen LogP contribution in [0.3, 0.4) is 0 Å². The van der Waals surface area contributed by atoms with E-state index in [9.17, 15) is 19.7 Å². The summed E-state index contributed by atoms with van der Waals surface area (Å²) in [5, 5.41) is 24.3. The predicted octanol–water partition coefficient (Wildman–Crippen LogP) is 2.40. The smallest absolute Gasteiger partial charge is 0.305 e. The molecule has 7 nitrogen and oxygen atoms in total. The van der Waals surface area contributed by atoms with Crippen molar-refractivity contribution in [2.75, 3.05) is 0 Å². The monoisotopic (exact) mass is 348 g/mol. The van der Waals surface area contributed by atoms with Crippen LogP contribution in [0.25, 0.3) is 0 Å². The van der Waals surface area contributed by atoms with Gasteiger partial charge in [0.1, 0.15) is 0 Å². The fourth-order valence-corrected chi connectivity index (χ4v) is 2.98. The zero-order valence-corrected chi connectivity index (χ0v) is 13.5. The summed E-state index contributed by atoms with van der Waals surface area (Å²) in [5.41, 5.74) is 0.693. The molecule has 1 aromatic carbocycles. The van der Waals surface area contributed by atoms with Gasteiger partial charge in [0, 0.05) is 23.1 Å². The fourth-order valence-electron chi connectivity index (χ4n) is 2.27. The van der Waals surface area contributed by atoms with E-state index in [1.165, 1.54) is 23.5 Å². The second kappa shape index (κ2) is 8.21. The van der Waals surface area contributed by atoms with Crippen LogP contribution in [0.5, 0.6) is 0 Å². The molecule has 0 saturated heterocycles. The van der Waals surface area contributed by atoms with Gasteiger partial charge >= 0.3 is 5.97 Å². The highest BCUT2D eigenvalue weighted by molar-refractivity contribution is 7.10. The number of thiophene rings is 1. The predicted molar refractivity (Wildman–Crippen MR) is 89.0 cm³/mol. The maximum Gasteiger partial charge on any atom is 0.305 e. The first-order valence-electron chi connectivity index (χ1n) is 7.21. The lowest BCUT2D eigenvalue weighted by molar-refractivity contribution is -0.384. The Balaban J connectivity index is 2.00. The molecular weight excluding hydrogens is 332 g/mol. The molecule has 8 heteroatoms. The molecule has 1 unspecified atom stereocenters. The largest absolute Gasteiger partial charge is 0.481 e. The molecule has 2 rings (SSSR count). The second-order valence-electron chi connectivity index (χ2n) is 5.25. The van der Waals surface area contributed by atoms with Crippen LogP contribution in [0.4, 0.5) is 5.69 Å². The van der Waals surface area contributed by atoms with E-state index in [4.69, 9.17) is 5.11 Å². The van der Waals surface area contributed by atoms with Crippen LogP contribution >= 0.6 is 11.3 Å². The summed E-state index contributed by atoms with van der Waals surface area (Å²) in [6, 6.07) is 8.97. The van der Waals surface area contributed by atoms with Crippen molar-refractivity contribution in [3.63, 3.8) is 0 Å². The van der Waals surface area contributed by atoms with Crippen LogP contribution < -0.4 is 5.32 Å². The molecule has 1 atom stereocenters. The van der Waals surface area contributed by atoms with Crippen LogP contribution in [0.15, 0.2) is 41.8 Å². The zero-order valence-electron chi connectivity index (χ0n) is 12.7. The molecule has 1 heterocycles. The molecule has 0 aliphatic heterocycles. The highest BCUT2D eigenvalue weighted by Crippen LogP contribution is 2.14. The number of carboxylic acid groups (broad SMARTS) is 1. The van der Waals surface area contributed by atoms with E-state index in [1.54, 1.807) is 12.1 Å². The van der Waals surface area contributed by atoms with Gasteiger partial charge in [-0.1, -0.05) is 18.2 Å². The van der Waals surface area contributed by atoms with Crippen molar-refractivity contribution in [2.24, 2.45) is 0 Å². The van der Waals surface area contributed by atoms with Crippen LogP contribution in [0.2, 0.25) is 0 Å². The summed E-state index contributed by atoms with van der Waals surface area (Å²) in [5.74, 6) is -1.26. The lowest BCUT2D eigenvalue weighted by Gasteiger charge is -2.17. The van der Waals surface area contributed by atoms with Crippen molar-refractivity contribution < 1.29 is 19.6 Å². The van der Waals surface area contributed by atoms with Crippen LogP contribution in [0.1, 0.15) is 16.9 Å². The van der Waals surface area contributed by atoms with E-state index in [0.29, 0.717) is 6.42 Å². The van der Waals surface area contributed by atoms with Gasteiger partial charge in [-0.2, -0.15) is 0 Å². The van der Waals surface area contributed by atoms with Crippen LogP contribution in [0, 0.1) is 10.1 Å². The molecular formula is C16H16N2O5S. The Bertz CT molecular complexity index is 713. The number of amides is 1. The number of carboxylic acids is 1. The standard InChI is InChI=1S/C16H16N2O5S/c19-15(10-14-2-1-7-24-14)17-12(9-16(20)21)8-11-3-5-13(6-4-11)18(22)23/h1-7,12H,8-10H2,(H,17,19)(H,20,21). The molecule has 2 aromatic rings. The van der Waals surface area contributed by atoms with Crippen molar-refractivity contribution in [2.45, 2.75) is 25.3 Å². The summed E-state index contributed by atoms with van der Waals surface area (Å²) in [4.78, 5) is 34.1. The molecule has 1 aromatic heterocycles. The maximum atomic E-state index is 12.0. The summed E-state index contributed by atoms with van der Waals surface area (Å²) >= 11 is 1.46. The number of nitro groups is 1. The number of nitrogens with one attached hydrogen (secondary N) is 1. The number of hydrogen-bond acceptors (Lipinski definition) is 5. The van der Waals surface area contributed by atoms with Crippen molar-refractivity contribution in [3.05, 3.63) is 62.3 Å². The highest BCUT2D eigenvalue weighted by atomic mass is 32.1. The van der Waals surface area contributed by atoms with Crippen LogP contribution in [-0.2, 0) is 22.4 Å². The average Bonchev–Trinajstić information content (AvgIpc) is 2.99. The molecule has 0 saturated carbocycles. The van der Waals surface area contributed by atoms with E-state index < -0.39 is 16.9 Å². The first-order chi connectivity index (χ1) is 11.4. The lowest BCUT2D eigenvalue weighted by Crippen LogP contribution is -2.38. The summed E-state index contributed by atoms with van der Waals surface area (Å²) < 4.78 is 0. The van der Waals surface area contributed by atoms with Crippen LogP contribution in [-0.4, -0.2) is 27.9 Å². The molecule has 2 N–H and O–H groups in total. The molecule has 126 valence electrons. The number of nitrogens with zero attached hydrogens (tertiary/aromatic N) is 1. The van der Waals surface area contributed by atoms with Crippen molar-refractivity contribution in [1.29, 1.82) is 0 Å². The minimum atomic E-state index is -1.02. The summed E-state index contributed by atoms with van der Waals surface area (Å²) in [7, 11) is 0. The lowest BCUT2D eigenvalue weighted by atomic mass is 10.0. The van der Waals surface area contributed by atoms with Gasteiger partial charge in [-0.15, -0.1) is 11.3 Å². The second-order valence-corrected chi connectivity index (χ2v) is 6.28. The van der Waals surface area contributed by atoms with Gasteiger partial charge in [0.25, 0.3) is 5.69 Å². The van der Waals surface area contributed by atoms with Gasteiger partial charge in [-0.05, 0) is 23.4 Å². The van der Waals surface area contributed by atoms with E-state index in [1.807, 2.05) is 17.5 Å². The van der Waals surface area contributed by atoms with Gasteiger partial charge in [0.05, 0.1) is 17.8 Å². The minimum absolute atomic E-state index is 0.0322. The Hall–Kier alpha value is -2.74. The number of nitro benzene ring substituents is 1. The summed E-state index contributed by atoms with van der Waals surface area (Å²) in [6.07, 6.45) is 0.279. The number of hydrogen-bond donors (Lipinski definition) is 2. The van der Waals surface area contributed by atoms with Gasteiger partial charge < -0.3 is 10.4 Å². The molecule has 24 heavy (non-hydrogen) atoms. The quantitative estimate of drug-likeness (QED) is 0.562. The Morgan fingerprint density at radius 1 is 1.25 bits per heavy atom. The van der Waals surface area contributed by atoms with Gasteiger partial charge in [-0.25, -0.2) is 0 Å². The molecule has 1 amide bonds. The third kappa shape index (κ3) is 5.47. The van der Waals surface area contributed by atoms with E-state index >= 15 is 0 Å². The number of rotatable bonds is 8.